The zero-order chi connectivity index (χ0) is 19.3. The Morgan fingerprint density at radius 3 is 2.67 bits per heavy atom. The van der Waals surface area contributed by atoms with Crippen LogP contribution in [0.5, 0.6) is 0 Å². The van der Waals surface area contributed by atoms with Crippen LogP contribution in [0, 0.1) is 0 Å². The lowest BCUT2D eigenvalue weighted by atomic mass is 9.92. The number of nitrogens with zero attached hydrogens (tertiary/aromatic N) is 3. The van der Waals surface area contributed by atoms with Gasteiger partial charge in [0.1, 0.15) is 0 Å². The van der Waals surface area contributed by atoms with Crippen molar-refractivity contribution in [2.45, 2.75) is 76.9 Å². The number of nitrogens with one attached hydrogen (secondary N) is 1. The maximum absolute atomic E-state index is 12.3. The molecule has 2 aliphatic heterocycles. The fraction of sp³-hybridized carbons (Fsp3) is 0.810. The van der Waals surface area contributed by atoms with Gasteiger partial charge >= 0.3 is 0 Å². The van der Waals surface area contributed by atoms with Crippen LogP contribution in [0.2, 0.25) is 0 Å². The Morgan fingerprint density at radius 2 is 1.93 bits per heavy atom. The van der Waals surface area contributed by atoms with Crippen molar-refractivity contribution < 1.29 is 0 Å². The van der Waals surface area contributed by atoms with Gasteiger partial charge in [-0.05, 0) is 49.8 Å². The highest BCUT2D eigenvalue weighted by molar-refractivity contribution is 7.99. The van der Waals surface area contributed by atoms with Gasteiger partial charge in [0.25, 0.3) is 5.56 Å². The van der Waals surface area contributed by atoms with Crippen LogP contribution in [0.25, 0.3) is 0 Å². The van der Waals surface area contributed by atoms with Crippen LogP contribution in [0.3, 0.4) is 0 Å². The van der Waals surface area contributed by atoms with E-state index in [-0.39, 0.29) is 11.0 Å². The van der Waals surface area contributed by atoms with Crippen molar-refractivity contribution in [3.63, 3.8) is 0 Å². The second kappa shape index (κ2) is 9.57. The summed E-state index contributed by atoms with van der Waals surface area (Å²) in [5.74, 6) is 2.59. The maximum Gasteiger partial charge on any atom is 0.266 e. The Balaban J connectivity index is 1.57. The Hall–Kier alpha value is -0.850. The number of thioether (sulfide) groups is 1. The second-order valence-electron chi connectivity index (χ2n) is 9.01. The molecular formula is C21H36N4OS. The molecule has 0 spiro atoms. The molecule has 2 aliphatic rings. The number of rotatable bonds is 6. The summed E-state index contributed by atoms with van der Waals surface area (Å²) in [5, 5.41) is 8.45. The molecule has 2 saturated heterocycles. The zero-order valence-electron chi connectivity index (χ0n) is 17.2. The third-order valence-corrected chi connectivity index (χ3v) is 6.90. The number of aromatic nitrogens is 2. The molecule has 1 aromatic heterocycles. The third-order valence-electron chi connectivity index (χ3n) is 5.85. The molecule has 1 N–H and O–H groups in total. The highest BCUT2D eigenvalue weighted by atomic mass is 32.2. The molecule has 2 fully saturated rings. The summed E-state index contributed by atoms with van der Waals surface area (Å²) in [6, 6.07) is 4.83. The van der Waals surface area contributed by atoms with Crippen molar-refractivity contribution in [1.29, 1.82) is 0 Å². The molecule has 6 heteroatoms. The van der Waals surface area contributed by atoms with Gasteiger partial charge in [-0.15, -0.1) is 0 Å². The fourth-order valence-corrected chi connectivity index (χ4v) is 5.13. The summed E-state index contributed by atoms with van der Waals surface area (Å²) in [6.07, 6.45) is 6.45. The van der Waals surface area contributed by atoms with Gasteiger partial charge in [0, 0.05) is 36.7 Å². The number of piperidine rings is 1. The molecular weight excluding hydrogens is 356 g/mol. The molecule has 0 aromatic carbocycles. The van der Waals surface area contributed by atoms with Gasteiger partial charge in [-0.1, -0.05) is 27.2 Å². The lowest BCUT2D eigenvalue weighted by molar-refractivity contribution is 0.134. The third kappa shape index (κ3) is 6.06. The van der Waals surface area contributed by atoms with Gasteiger partial charge in [-0.2, -0.15) is 16.9 Å². The van der Waals surface area contributed by atoms with Gasteiger partial charge in [0.15, 0.2) is 0 Å². The molecule has 0 aliphatic carbocycles. The van der Waals surface area contributed by atoms with E-state index in [1.54, 1.807) is 10.7 Å². The highest BCUT2D eigenvalue weighted by Gasteiger charge is 2.24. The van der Waals surface area contributed by atoms with Crippen LogP contribution in [-0.2, 0) is 12.0 Å². The zero-order valence-corrected chi connectivity index (χ0v) is 18.1. The standard InChI is InChI=1S/C21H36N4OS/c1-21(2,3)19-7-8-20(26)25(23-19)13-12-24-11-5-4-6-18(24)16-22-17-9-14-27-15-10-17/h7-8,17-18,22H,4-6,9-16H2,1-3H3. The molecule has 5 nitrogen and oxygen atoms in total. The Morgan fingerprint density at radius 1 is 1.15 bits per heavy atom. The van der Waals surface area contributed by atoms with Crippen molar-refractivity contribution in [1.82, 2.24) is 20.0 Å². The first-order chi connectivity index (χ1) is 12.9. The van der Waals surface area contributed by atoms with Gasteiger partial charge in [-0.25, -0.2) is 4.68 Å². The summed E-state index contributed by atoms with van der Waals surface area (Å²) in [7, 11) is 0. The van der Waals surface area contributed by atoms with Crippen molar-refractivity contribution in [3.8, 4) is 0 Å². The smallest absolute Gasteiger partial charge is 0.266 e. The Bertz CT molecular complexity index is 648. The summed E-state index contributed by atoms with van der Waals surface area (Å²) >= 11 is 2.08. The average molecular weight is 393 g/mol. The number of hydrogen-bond donors (Lipinski definition) is 1. The van der Waals surface area contributed by atoms with E-state index in [0.29, 0.717) is 18.6 Å². The van der Waals surface area contributed by atoms with Crippen LogP contribution in [0.4, 0.5) is 0 Å². The molecule has 1 atom stereocenters. The minimum atomic E-state index is -0.0364. The number of likely N-dealkylation sites (tertiary alicyclic amines) is 1. The lowest BCUT2D eigenvalue weighted by Gasteiger charge is -2.37. The van der Waals surface area contributed by atoms with E-state index < -0.39 is 0 Å². The van der Waals surface area contributed by atoms with Crippen molar-refractivity contribution in [3.05, 3.63) is 28.2 Å². The van der Waals surface area contributed by atoms with Crippen LogP contribution in [0.1, 0.15) is 58.6 Å². The predicted octanol–water partition coefficient (Wildman–Crippen LogP) is 2.88. The highest BCUT2D eigenvalue weighted by Crippen LogP contribution is 2.20. The molecule has 1 unspecified atom stereocenters. The molecule has 152 valence electrons. The van der Waals surface area contributed by atoms with Crippen molar-refractivity contribution in [2.75, 3.05) is 31.1 Å². The SMILES string of the molecule is CC(C)(C)c1ccc(=O)n(CCN2CCCCC2CNC2CCSCC2)n1. The lowest BCUT2D eigenvalue weighted by Crippen LogP contribution is -2.49. The Kier molecular flexibility index (Phi) is 7.40. The molecule has 0 bridgehead atoms. The first-order valence-electron chi connectivity index (χ1n) is 10.6. The molecule has 1 aromatic rings. The second-order valence-corrected chi connectivity index (χ2v) is 10.2. The molecule has 0 radical (unpaired) electrons. The van der Waals surface area contributed by atoms with Crippen LogP contribution < -0.4 is 10.9 Å². The minimum Gasteiger partial charge on any atom is -0.312 e. The van der Waals surface area contributed by atoms with E-state index in [1.165, 1.54) is 43.6 Å². The summed E-state index contributed by atoms with van der Waals surface area (Å²) in [6.45, 7) is 10.2. The van der Waals surface area contributed by atoms with Gasteiger partial charge in [0.05, 0.1) is 12.2 Å². The first kappa shape index (κ1) is 20.9. The van der Waals surface area contributed by atoms with Gasteiger partial charge in [-0.3, -0.25) is 9.69 Å². The molecule has 3 rings (SSSR count). The normalized spacial score (nSPS) is 22.9. The van der Waals surface area contributed by atoms with Crippen LogP contribution >= 0.6 is 11.8 Å². The van der Waals surface area contributed by atoms with Gasteiger partial charge in [0.2, 0.25) is 0 Å². The quantitative estimate of drug-likeness (QED) is 0.807. The largest absolute Gasteiger partial charge is 0.312 e. The fourth-order valence-electron chi connectivity index (χ4n) is 4.02. The Labute approximate surface area is 168 Å². The molecule has 0 saturated carbocycles. The van der Waals surface area contributed by atoms with Crippen molar-refractivity contribution in [2.24, 2.45) is 0 Å². The van der Waals surface area contributed by atoms with E-state index in [2.05, 4.69) is 47.8 Å². The summed E-state index contributed by atoms with van der Waals surface area (Å²) < 4.78 is 1.66. The van der Waals surface area contributed by atoms with E-state index in [1.807, 2.05) is 6.07 Å². The van der Waals surface area contributed by atoms with Crippen LogP contribution in [0.15, 0.2) is 16.9 Å². The maximum atomic E-state index is 12.3. The minimum absolute atomic E-state index is 0.00869. The summed E-state index contributed by atoms with van der Waals surface area (Å²) in [5.41, 5.74) is 0.953. The first-order valence-corrected chi connectivity index (χ1v) is 11.7. The van der Waals surface area contributed by atoms with Crippen LogP contribution in [-0.4, -0.2) is 57.9 Å². The van der Waals surface area contributed by atoms with Gasteiger partial charge < -0.3 is 5.32 Å². The molecule has 27 heavy (non-hydrogen) atoms. The van der Waals surface area contributed by atoms with E-state index in [4.69, 9.17) is 0 Å². The summed E-state index contributed by atoms with van der Waals surface area (Å²) in [4.78, 5) is 14.8. The van der Waals surface area contributed by atoms with E-state index >= 15 is 0 Å². The predicted molar refractivity (Wildman–Crippen MR) is 115 cm³/mol. The van der Waals surface area contributed by atoms with Crippen molar-refractivity contribution >= 4 is 11.8 Å². The van der Waals surface area contributed by atoms with E-state index in [9.17, 15) is 4.79 Å². The molecule has 3 heterocycles. The average Bonchev–Trinajstić information content (AvgIpc) is 2.66. The molecule has 0 amide bonds. The monoisotopic (exact) mass is 392 g/mol. The topological polar surface area (TPSA) is 50.2 Å². The number of hydrogen-bond acceptors (Lipinski definition) is 5. The van der Waals surface area contributed by atoms with E-state index in [0.717, 1.165) is 25.3 Å².